The first-order chi connectivity index (χ1) is 8.08. The van der Waals surface area contributed by atoms with Gasteiger partial charge < -0.3 is 16.0 Å². The maximum atomic E-state index is 5.78. The smallest absolute Gasteiger partial charge is 0.188 e. The first kappa shape index (κ1) is 14.3. The van der Waals surface area contributed by atoms with Crippen molar-refractivity contribution < 1.29 is 0 Å². The van der Waals surface area contributed by atoms with Crippen molar-refractivity contribution in [3.8, 4) is 0 Å². The van der Waals surface area contributed by atoms with E-state index in [4.69, 9.17) is 5.73 Å². The number of nitrogens with one attached hydrogen (secondary N) is 1. The summed E-state index contributed by atoms with van der Waals surface area (Å²) in [4.78, 5) is 6.94. The maximum Gasteiger partial charge on any atom is 0.188 e. The molecule has 3 N–H and O–H groups in total. The summed E-state index contributed by atoms with van der Waals surface area (Å²) in [7, 11) is 0. The summed E-state index contributed by atoms with van der Waals surface area (Å²) in [5.41, 5.74) is 5.78. The van der Waals surface area contributed by atoms with Crippen LogP contribution in [-0.4, -0.2) is 43.1 Å². The van der Waals surface area contributed by atoms with Crippen LogP contribution in [0.5, 0.6) is 0 Å². The lowest BCUT2D eigenvalue weighted by atomic mass is 10.1. The minimum atomic E-state index is 0.358. The Morgan fingerprint density at radius 2 is 1.88 bits per heavy atom. The molecule has 1 aliphatic rings. The fourth-order valence-corrected chi connectivity index (χ4v) is 2.24. The summed E-state index contributed by atoms with van der Waals surface area (Å²) >= 11 is 0. The minimum Gasteiger partial charge on any atom is -0.370 e. The Kier molecular flexibility index (Phi) is 6.34. The van der Waals surface area contributed by atoms with E-state index in [1.54, 1.807) is 0 Å². The van der Waals surface area contributed by atoms with Gasteiger partial charge in [0.15, 0.2) is 5.96 Å². The van der Waals surface area contributed by atoms with Crippen LogP contribution in [0.4, 0.5) is 0 Å². The van der Waals surface area contributed by atoms with Gasteiger partial charge in [0.25, 0.3) is 0 Å². The van der Waals surface area contributed by atoms with E-state index in [-0.39, 0.29) is 0 Å². The van der Waals surface area contributed by atoms with Crippen molar-refractivity contribution in [2.24, 2.45) is 16.6 Å². The van der Waals surface area contributed by atoms with E-state index in [2.05, 4.69) is 36.0 Å². The number of hydrogen-bond donors (Lipinski definition) is 2. The van der Waals surface area contributed by atoms with Crippen molar-refractivity contribution >= 4 is 5.96 Å². The number of likely N-dealkylation sites (tertiary alicyclic amines) is 1. The molecule has 0 spiro atoms. The van der Waals surface area contributed by atoms with Crippen LogP contribution < -0.4 is 11.1 Å². The van der Waals surface area contributed by atoms with E-state index in [0.29, 0.717) is 17.9 Å². The highest BCUT2D eigenvalue weighted by Crippen LogP contribution is 2.10. The van der Waals surface area contributed by atoms with Gasteiger partial charge in [0.1, 0.15) is 0 Å². The van der Waals surface area contributed by atoms with Gasteiger partial charge in [-0.25, -0.2) is 0 Å². The van der Waals surface area contributed by atoms with Gasteiger partial charge in [-0.15, -0.1) is 0 Å². The highest BCUT2D eigenvalue weighted by atomic mass is 15.1. The number of hydrogen-bond acceptors (Lipinski definition) is 2. The molecule has 0 amide bonds. The average molecular weight is 240 g/mol. The van der Waals surface area contributed by atoms with Gasteiger partial charge in [0, 0.05) is 19.1 Å². The number of rotatable bonds is 5. The molecule has 4 heteroatoms. The molecule has 0 aromatic heterocycles. The third-order valence-electron chi connectivity index (χ3n) is 3.03. The molecular weight excluding hydrogens is 212 g/mol. The van der Waals surface area contributed by atoms with Crippen LogP contribution in [0.3, 0.4) is 0 Å². The van der Waals surface area contributed by atoms with Crippen LogP contribution in [0, 0.1) is 5.92 Å². The summed E-state index contributed by atoms with van der Waals surface area (Å²) in [5.74, 6) is 1.16. The highest BCUT2D eigenvalue weighted by Gasteiger charge is 2.13. The van der Waals surface area contributed by atoms with Gasteiger partial charge in [-0.2, -0.15) is 0 Å². The lowest BCUT2D eigenvalue weighted by Crippen LogP contribution is -2.38. The summed E-state index contributed by atoms with van der Waals surface area (Å²) in [6, 6.07) is 0.358. The topological polar surface area (TPSA) is 53.6 Å². The van der Waals surface area contributed by atoms with Gasteiger partial charge in [0.2, 0.25) is 0 Å². The van der Waals surface area contributed by atoms with Crippen molar-refractivity contribution in [1.82, 2.24) is 10.2 Å². The van der Waals surface area contributed by atoms with Crippen LogP contribution >= 0.6 is 0 Å². The Hall–Kier alpha value is -0.770. The van der Waals surface area contributed by atoms with Crippen LogP contribution in [0.25, 0.3) is 0 Å². The first-order valence-corrected chi connectivity index (χ1v) is 6.86. The molecule has 100 valence electrons. The second-order valence-corrected chi connectivity index (χ2v) is 5.49. The number of piperidine rings is 1. The Morgan fingerprint density at radius 3 is 2.47 bits per heavy atom. The number of nitrogens with two attached hydrogens (primary N) is 1. The summed E-state index contributed by atoms with van der Waals surface area (Å²) in [6.45, 7) is 10.9. The molecule has 1 saturated heterocycles. The van der Waals surface area contributed by atoms with E-state index >= 15 is 0 Å². The van der Waals surface area contributed by atoms with E-state index in [9.17, 15) is 0 Å². The molecule has 0 aliphatic carbocycles. The molecule has 1 rings (SSSR count). The Morgan fingerprint density at radius 1 is 1.24 bits per heavy atom. The summed E-state index contributed by atoms with van der Waals surface area (Å²) in [6.07, 6.45) is 4.11. The largest absolute Gasteiger partial charge is 0.370 e. The first-order valence-electron chi connectivity index (χ1n) is 6.86. The Labute approximate surface area is 106 Å². The van der Waals surface area contributed by atoms with E-state index < -0.39 is 0 Å². The Bertz CT molecular complexity index is 232. The zero-order chi connectivity index (χ0) is 12.7. The van der Waals surface area contributed by atoms with Crippen LogP contribution in [-0.2, 0) is 0 Å². The molecule has 4 nitrogen and oxygen atoms in total. The SMILES string of the molecule is CC(CN=C(N)NC(C)C)CN1CCCCC1. The average Bonchev–Trinajstić information content (AvgIpc) is 2.27. The van der Waals surface area contributed by atoms with Gasteiger partial charge in [-0.05, 0) is 45.7 Å². The molecule has 1 unspecified atom stereocenters. The van der Waals surface area contributed by atoms with E-state index in [0.717, 1.165) is 13.1 Å². The fourth-order valence-electron chi connectivity index (χ4n) is 2.24. The zero-order valence-corrected chi connectivity index (χ0v) is 11.6. The van der Waals surface area contributed by atoms with Crippen molar-refractivity contribution in [3.05, 3.63) is 0 Å². The lowest BCUT2D eigenvalue weighted by Gasteiger charge is -2.28. The van der Waals surface area contributed by atoms with E-state index in [1.165, 1.54) is 32.4 Å². The lowest BCUT2D eigenvalue weighted by molar-refractivity contribution is 0.203. The molecule has 0 bridgehead atoms. The van der Waals surface area contributed by atoms with Gasteiger partial charge in [0.05, 0.1) is 0 Å². The van der Waals surface area contributed by atoms with Gasteiger partial charge >= 0.3 is 0 Å². The van der Waals surface area contributed by atoms with Crippen LogP contribution in [0.15, 0.2) is 4.99 Å². The molecular formula is C13H28N4. The normalized spacial score (nSPS) is 20.6. The quantitative estimate of drug-likeness (QED) is 0.564. The highest BCUT2D eigenvalue weighted by molar-refractivity contribution is 5.78. The van der Waals surface area contributed by atoms with Gasteiger partial charge in [-0.3, -0.25) is 4.99 Å². The third kappa shape index (κ3) is 6.51. The van der Waals surface area contributed by atoms with Crippen molar-refractivity contribution in [2.45, 2.75) is 46.1 Å². The fraction of sp³-hybridized carbons (Fsp3) is 0.923. The van der Waals surface area contributed by atoms with Crippen LogP contribution in [0.1, 0.15) is 40.0 Å². The summed E-state index contributed by atoms with van der Waals surface area (Å²) < 4.78 is 0. The molecule has 1 atom stereocenters. The molecule has 17 heavy (non-hydrogen) atoms. The molecule has 0 radical (unpaired) electrons. The molecule has 1 heterocycles. The van der Waals surface area contributed by atoms with Crippen molar-refractivity contribution in [1.29, 1.82) is 0 Å². The van der Waals surface area contributed by atoms with E-state index in [1.807, 2.05) is 0 Å². The number of nitrogens with zero attached hydrogens (tertiary/aromatic N) is 2. The number of aliphatic imine (C=N–C) groups is 1. The third-order valence-corrected chi connectivity index (χ3v) is 3.03. The molecule has 0 aromatic rings. The molecule has 1 aliphatic heterocycles. The van der Waals surface area contributed by atoms with Crippen molar-refractivity contribution in [3.63, 3.8) is 0 Å². The maximum absolute atomic E-state index is 5.78. The standard InChI is InChI=1S/C13H28N4/c1-11(2)16-13(14)15-9-12(3)10-17-7-5-4-6-8-17/h11-12H,4-10H2,1-3H3,(H3,14,15,16). The summed E-state index contributed by atoms with van der Waals surface area (Å²) in [5, 5.41) is 3.12. The molecule has 0 saturated carbocycles. The molecule has 0 aromatic carbocycles. The van der Waals surface area contributed by atoms with Gasteiger partial charge in [-0.1, -0.05) is 13.3 Å². The molecule has 1 fully saturated rings. The van der Waals surface area contributed by atoms with Crippen LogP contribution in [0.2, 0.25) is 0 Å². The minimum absolute atomic E-state index is 0.358. The predicted octanol–water partition coefficient (Wildman–Crippen LogP) is 1.42. The van der Waals surface area contributed by atoms with Crippen molar-refractivity contribution in [2.75, 3.05) is 26.2 Å². The predicted molar refractivity (Wildman–Crippen MR) is 74.2 cm³/mol. The number of guanidine groups is 1. The monoisotopic (exact) mass is 240 g/mol. The Balaban J connectivity index is 2.21. The zero-order valence-electron chi connectivity index (χ0n) is 11.6. The second kappa shape index (κ2) is 7.54. The second-order valence-electron chi connectivity index (χ2n) is 5.49.